The number of nitrogens with one attached hydrogen (secondary N) is 1. The molecule has 0 aromatic rings. The number of carbonyl (C=O) groups is 1. The number of likely N-dealkylation sites (N-methyl/N-ethyl adjacent to an activating group) is 1. The average Bonchev–Trinajstić information content (AvgIpc) is 2.46. The Morgan fingerprint density at radius 1 is 1.10 bits per heavy atom. The van der Waals surface area contributed by atoms with E-state index in [0.717, 1.165) is 32.5 Å². The lowest BCUT2D eigenvalue weighted by Crippen LogP contribution is -2.49. The molecule has 2 N–H and O–H groups in total. The molecule has 0 aromatic carbocycles. The Morgan fingerprint density at radius 3 is 2.14 bits per heavy atom. The summed E-state index contributed by atoms with van der Waals surface area (Å²) in [5.41, 5.74) is -0.769. The fraction of sp³-hybridized carbons (Fsp3) is 0.938. The second-order valence-electron chi connectivity index (χ2n) is 6.31. The maximum Gasteiger partial charge on any atom is 0.323 e. The Bertz CT molecular complexity index is 304. The Kier molecular flexibility index (Phi) is 8.22. The van der Waals surface area contributed by atoms with Crippen molar-refractivity contribution in [2.75, 3.05) is 45.8 Å². The van der Waals surface area contributed by atoms with Gasteiger partial charge in [-0.3, -0.25) is 4.79 Å². The molecule has 5 nitrogen and oxygen atoms in total. The van der Waals surface area contributed by atoms with E-state index in [1.165, 1.54) is 26.1 Å². The number of hydrogen-bond acceptors (Lipinski definition) is 4. The second kappa shape index (κ2) is 9.38. The van der Waals surface area contributed by atoms with Crippen molar-refractivity contribution in [1.82, 2.24) is 15.1 Å². The molecule has 0 amide bonds. The molecular formula is C16H33N3O2. The first-order valence-corrected chi connectivity index (χ1v) is 8.45. The third kappa shape index (κ3) is 6.32. The molecule has 1 aliphatic rings. The molecule has 1 aliphatic heterocycles. The van der Waals surface area contributed by atoms with Crippen LogP contribution in [0.1, 0.15) is 46.5 Å². The normalized spacial score (nSPS) is 20.3. The zero-order valence-electron chi connectivity index (χ0n) is 14.0. The van der Waals surface area contributed by atoms with Gasteiger partial charge in [-0.2, -0.15) is 0 Å². The highest BCUT2D eigenvalue weighted by Crippen LogP contribution is 2.15. The largest absolute Gasteiger partial charge is 0.480 e. The molecule has 0 bridgehead atoms. The van der Waals surface area contributed by atoms with Crippen LogP contribution < -0.4 is 5.32 Å². The van der Waals surface area contributed by atoms with Crippen LogP contribution >= 0.6 is 0 Å². The van der Waals surface area contributed by atoms with Gasteiger partial charge in [-0.1, -0.05) is 13.8 Å². The van der Waals surface area contributed by atoms with Gasteiger partial charge < -0.3 is 20.2 Å². The third-order valence-electron chi connectivity index (χ3n) is 4.44. The van der Waals surface area contributed by atoms with E-state index in [4.69, 9.17) is 0 Å². The van der Waals surface area contributed by atoms with Gasteiger partial charge in [0.2, 0.25) is 0 Å². The molecule has 124 valence electrons. The number of rotatable bonds is 10. The lowest BCUT2D eigenvalue weighted by Gasteiger charge is -2.34. The number of piperazine rings is 1. The molecule has 1 saturated heterocycles. The van der Waals surface area contributed by atoms with Crippen LogP contribution in [0.2, 0.25) is 0 Å². The van der Waals surface area contributed by atoms with E-state index in [9.17, 15) is 9.90 Å². The SMILES string of the molecule is CCCN1CCN(CCCCC(C)(NCC)C(=O)O)CC1. The maximum atomic E-state index is 11.3. The van der Waals surface area contributed by atoms with Gasteiger partial charge in [0.1, 0.15) is 5.54 Å². The molecule has 0 saturated carbocycles. The predicted octanol–water partition coefficient (Wildman–Crippen LogP) is 1.64. The molecule has 0 spiro atoms. The Morgan fingerprint density at radius 2 is 1.67 bits per heavy atom. The molecule has 5 heteroatoms. The van der Waals surface area contributed by atoms with Crippen LogP contribution in [0.5, 0.6) is 0 Å². The summed E-state index contributed by atoms with van der Waals surface area (Å²) in [6.45, 7) is 13.7. The van der Waals surface area contributed by atoms with Crippen molar-refractivity contribution in [2.24, 2.45) is 0 Å². The first-order chi connectivity index (χ1) is 10.0. The maximum absolute atomic E-state index is 11.3. The van der Waals surface area contributed by atoms with Gasteiger partial charge in [-0.25, -0.2) is 0 Å². The summed E-state index contributed by atoms with van der Waals surface area (Å²) in [5, 5.41) is 12.4. The first kappa shape index (κ1) is 18.4. The smallest absolute Gasteiger partial charge is 0.323 e. The van der Waals surface area contributed by atoms with Gasteiger partial charge in [0.25, 0.3) is 0 Å². The first-order valence-electron chi connectivity index (χ1n) is 8.45. The number of nitrogens with zero attached hydrogens (tertiary/aromatic N) is 2. The van der Waals surface area contributed by atoms with Gasteiger partial charge in [0, 0.05) is 26.2 Å². The van der Waals surface area contributed by atoms with E-state index < -0.39 is 11.5 Å². The summed E-state index contributed by atoms with van der Waals surface area (Å²) in [6, 6.07) is 0. The van der Waals surface area contributed by atoms with E-state index in [1.807, 2.05) is 6.92 Å². The lowest BCUT2D eigenvalue weighted by atomic mass is 9.95. The molecule has 1 heterocycles. The monoisotopic (exact) mass is 299 g/mol. The summed E-state index contributed by atoms with van der Waals surface area (Å²) in [7, 11) is 0. The number of carboxylic acids is 1. The minimum absolute atomic E-state index is 0.697. The van der Waals surface area contributed by atoms with Crippen molar-refractivity contribution in [3.05, 3.63) is 0 Å². The van der Waals surface area contributed by atoms with E-state index in [2.05, 4.69) is 22.0 Å². The lowest BCUT2D eigenvalue weighted by molar-refractivity contribution is -0.144. The van der Waals surface area contributed by atoms with Crippen LogP contribution in [-0.4, -0.2) is 72.2 Å². The molecule has 1 unspecified atom stereocenters. The summed E-state index contributed by atoms with van der Waals surface area (Å²) in [6.07, 6.45) is 3.98. The minimum Gasteiger partial charge on any atom is -0.480 e. The minimum atomic E-state index is -0.769. The van der Waals surface area contributed by atoms with Crippen molar-refractivity contribution in [3.8, 4) is 0 Å². The van der Waals surface area contributed by atoms with E-state index >= 15 is 0 Å². The van der Waals surface area contributed by atoms with E-state index in [-0.39, 0.29) is 0 Å². The standard InChI is InChI=1S/C16H33N3O2/c1-4-9-18-11-13-19(14-12-18)10-7-6-8-16(3,15(20)21)17-5-2/h17H,4-14H2,1-3H3,(H,20,21). The Balaban J connectivity index is 2.18. The van der Waals surface area contributed by atoms with Crippen LogP contribution in [0, 0.1) is 0 Å². The average molecular weight is 299 g/mol. The summed E-state index contributed by atoms with van der Waals surface area (Å²) in [5.74, 6) is -0.738. The van der Waals surface area contributed by atoms with Gasteiger partial charge >= 0.3 is 5.97 Å². The number of unbranched alkanes of at least 4 members (excludes halogenated alkanes) is 1. The Hall–Kier alpha value is -0.650. The van der Waals surface area contributed by atoms with Crippen molar-refractivity contribution < 1.29 is 9.90 Å². The predicted molar refractivity (Wildman–Crippen MR) is 86.7 cm³/mol. The molecule has 1 rings (SSSR count). The van der Waals surface area contributed by atoms with Gasteiger partial charge in [-0.05, 0) is 52.2 Å². The molecule has 21 heavy (non-hydrogen) atoms. The van der Waals surface area contributed by atoms with Crippen molar-refractivity contribution in [2.45, 2.75) is 52.0 Å². The zero-order chi connectivity index (χ0) is 15.7. The molecule has 1 fully saturated rings. The molecular weight excluding hydrogens is 266 g/mol. The van der Waals surface area contributed by atoms with Crippen LogP contribution in [0.4, 0.5) is 0 Å². The quantitative estimate of drug-likeness (QED) is 0.601. The molecule has 0 radical (unpaired) electrons. The van der Waals surface area contributed by atoms with Crippen molar-refractivity contribution in [1.29, 1.82) is 0 Å². The van der Waals surface area contributed by atoms with E-state index in [0.29, 0.717) is 13.0 Å². The third-order valence-corrected chi connectivity index (χ3v) is 4.44. The Labute approximate surface area is 129 Å². The molecule has 1 atom stereocenters. The molecule has 0 aromatic heterocycles. The highest BCUT2D eigenvalue weighted by Gasteiger charge is 2.31. The second-order valence-corrected chi connectivity index (χ2v) is 6.31. The van der Waals surface area contributed by atoms with Crippen LogP contribution in [0.25, 0.3) is 0 Å². The highest BCUT2D eigenvalue weighted by atomic mass is 16.4. The van der Waals surface area contributed by atoms with Gasteiger partial charge in [0.05, 0.1) is 0 Å². The molecule has 0 aliphatic carbocycles. The van der Waals surface area contributed by atoms with Crippen LogP contribution in [0.3, 0.4) is 0 Å². The number of carboxylic acid groups (broad SMARTS) is 1. The summed E-state index contributed by atoms with van der Waals surface area (Å²) < 4.78 is 0. The zero-order valence-corrected chi connectivity index (χ0v) is 14.0. The summed E-state index contributed by atoms with van der Waals surface area (Å²) in [4.78, 5) is 16.4. The fourth-order valence-corrected chi connectivity index (χ4v) is 3.03. The number of hydrogen-bond donors (Lipinski definition) is 2. The topological polar surface area (TPSA) is 55.8 Å². The number of aliphatic carboxylic acids is 1. The highest BCUT2D eigenvalue weighted by molar-refractivity contribution is 5.78. The summed E-state index contributed by atoms with van der Waals surface area (Å²) >= 11 is 0. The van der Waals surface area contributed by atoms with Gasteiger partial charge in [0.15, 0.2) is 0 Å². The van der Waals surface area contributed by atoms with Crippen molar-refractivity contribution in [3.63, 3.8) is 0 Å². The van der Waals surface area contributed by atoms with Crippen LogP contribution in [0.15, 0.2) is 0 Å². The van der Waals surface area contributed by atoms with Gasteiger partial charge in [-0.15, -0.1) is 0 Å². The fourth-order valence-electron chi connectivity index (χ4n) is 3.03. The van der Waals surface area contributed by atoms with Crippen LogP contribution in [-0.2, 0) is 4.79 Å². The van der Waals surface area contributed by atoms with Crippen molar-refractivity contribution >= 4 is 5.97 Å². The van der Waals surface area contributed by atoms with E-state index in [1.54, 1.807) is 6.92 Å².